The van der Waals surface area contributed by atoms with Gasteiger partial charge in [-0.2, -0.15) is 0 Å². The summed E-state index contributed by atoms with van der Waals surface area (Å²) in [5.74, 6) is -0.0621. The summed E-state index contributed by atoms with van der Waals surface area (Å²) in [7, 11) is -3.34. The van der Waals surface area contributed by atoms with Crippen LogP contribution in [0.1, 0.15) is 6.92 Å². The molecule has 0 saturated heterocycles. The molecule has 0 spiro atoms. The zero-order valence-electron chi connectivity index (χ0n) is 9.06. The number of sulfonamides is 1. The first-order valence-electron chi connectivity index (χ1n) is 4.97. The maximum Gasteiger partial charge on any atom is 0.236 e. The molecule has 0 heterocycles. The highest BCUT2D eigenvalue weighted by molar-refractivity contribution is 7.92. The van der Waals surface area contributed by atoms with Gasteiger partial charge in [-0.05, 0) is 25.1 Å². The molecule has 1 rings (SSSR count). The summed E-state index contributed by atoms with van der Waals surface area (Å²) in [5, 5.41) is 0.513. The minimum absolute atomic E-state index is 0.0621. The average Bonchev–Trinajstić information content (AvgIpc) is 2.18. The number of benzene rings is 1. The van der Waals surface area contributed by atoms with Crippen LogP contribution in [-0.4, -0.2) is 27.3 Å². The summed E-state index contributed by atoms with van der Waals surface area (Å²) in [6.45, 7) is 2.25. The van der Waals surface area contributed by atoms with Crippen molar-refractivity contribution in [2.24, 2.45) is 5.73 Å². The van der Waals surface area contributed by atoms with E-state index in [1.165, 1.54) is 4.31 Å². The van der Waals surface area contributed by atoms with E-state index in [1.807, 2.05) is 0 Å². The van der Waals surface area contributed by atoms with E-state index < -0.39 is 10.0 Å². The zero-order valence-corrected chi connectivity index (χ0v) is 10.6. The predicted octanol–water partition coefficient (Wildman–Crippen LogP) is 1.45. The fourth-order valence-corrected chi connectivity index (χ4v) is 2.96. The molecule has 0 aliphatic rings. The number of halogens is 1. The summed E-state index contributed by atoms with van der Waals surface area (Å²) in [6.07, 6.45) is 0. The lowest BCUT2D eigenvalue weighted by Crippen LogP contribution is -2.35. The van der Waals surface area contributed by atoms with Gasteiger partial charge in [0.15, 0.2) is 0 Å². The topological polar surface area (TPSA) is 63.4 Å². The van der Waals surface area contributed by atoms with Gasteiger partial charge in [-0.1, -0.05) is 17.7 Å². The monoisotopic (exact) mass is 262 g/mol. The summed E-state index contributed by atoms with van der Waals surface area (Å²) in [4.78, 5) is 0. The summed E-state index contributed by atoms with van der Waals surface area (Å²) < 4.78 is 25.1. The van der Waals surface area contributed by atoms with Crippen LogP contribution in [0.15, 0.2) is 24.3 Å². The van der Waals surface area contributed by atoms with Crippen LogP contribution in [0.4, 0.5) is 5.69 Å². The Kier molecular flexibility index (Phi) is 4.58. The third kappa shape index (κ3) is 3.10. The maximum absolute atomic E-state index is 11.9. The zero-order chi connectivity index (χ0) is 12.2. The van der Waals surface area contributed by atoms with Gasteiger partial charge >= 0.3 is 0 Å². The SMILES string of the molecule is CCN(c1cccc(Cl)c1)S(=O)(=O)CCN. The van der Waals surface area contributed by atoms with Crippen molar-refractivity contribution in [2.75, 3.05) is 23.1 Å². The molecule has 0 amide bonds. The molecular formula is C10H15ClN2O2S. The molecule has 1 aromatic carbocycles. The van der Waals surface area contributed by atoms with Crippen molar-refractivity contribution in [3.63, 3.8) is 0 Å². The van der Waals surface area contributed by atoms with Crippen molar-refractivity contribution < 1.29 is 8.42 Å². The molecule has 0 aliphatic heterocycles. The average molecular weight is 263 g/mol. The standard InChI is InChI=1S/C10H15ClN2O2S/c1-2-13(16(14,15)7-6-12)10-5-3-4-9(11)8-10/h3-5,8H,2,6-7,12H2,1H3. The van der Waals surface area contributed by atoms with Crippen LogP contribution >= 0.6 is 11.6 Å². The number of hydrogen-bond donors (Lipinski definition) is 1. The van der Waals surface area contributed by atoms with E-state index in [2.05, 4.69) is 0 Å². The molecule has 0 saturated carbocycles. The quantitative estimate of drug-likeness (QED) is 0.874. The Morgan fingerprint density at radius 2 is 2.12 bits per heavy atom. The van der Waals surface area contributed by atoms with Crippen molar-refractivity contribution in [1.29, 1.82) is 0 Å². The molecule has 4 nitrogen and oxygen atoms in total. The highest BCUT2D eigenvalue weighted by Gasteiger charge is 2.19. The molecule has 16 heavy (non-hydrogen) atoms. The fourth-order valence-electron chi connectivity index (χ4n) is 1.43. The molecule has 0 bridgehead atoms. The Morgan fingerprint density at radius 3 is 2.62 bits per heavy atom. The van der Waals surface area contributed by atoms with Gasteiger partial charge in [0.25, 0.3) is 0 Å². The van der Waals surface area contributed by atoms with E-state index in [-0.39, 0.29) is 12.3 Å². The molecule has 0 atom stereocenters. The highest BCUT2D eigenvalue weighted by Crippen LogP contribution is 2.21. The Bertz CT molecular complexity index is 448. The highest BCUT2D eigenvalue weighted by atomic mass is 35.5. The lowest BCUT2D eigenvalue weighted by molar-refractivity contribution is 0.591. The Labute approximate surface area is 101 Å². The number of nitrogens with two attached hydrogens (primary N) is 1. The van der Waals surface area contributed by atoms with Gasteiger partial charge in [-0.25, -0.2) is 8.42 Å². The second-order valence-electron chi connectivity index (χ2n) is 3.25. The summed E-state index contributed by atoms with van der Waals surface area (Å²) in [5.41, 5.74) is 5.86. The van der Waals surface area contributed by atoms with E-state index in [0.29, 0.717) is 17.3 Å². The number of rotatable bonds is 5. The normalized spacial score (nSPS) is 11.4. The molecule has 0 aromatic heterocycles. The maximum atomic E-state index is 11.9. The predicted molar refractivity (Wildman–Crippen MR) is 67.3 cm³/mol. The van der Waals surface area contributed by atoms with Crippen molar-refractivity contribution >= 4 is 27.3 Å². The molecular weight excluding hydrogens is 248 g/mol. The van der Waals surface area contributed by atoms with Crippen molar-refractivity contribution in [2.45, 2.75) is 6.92 Å². The van der Waals surface area contributed by atoms with Crippen LogP contribution < -0.4 is 10.0 Å². The number of anilines is 1. The number of hydrogen-bond acceptors (Lipinski definition) is 3. The van der Waals surface area contributed by atoms with Crippen LogP contribution in [-0.2, 0) is 10.0 Å². The smallest absolute Gasteiger partial charge is 0.236 e. The van der Waals surface area contributed by atoms with Gasteiger partial charge in [0.2, 0.25) is 10.0 Å². The summed E-state index contributed by atoms with van der Waals surface area (Å²) in [6, 6.07) is 6.76. The van der Waals surface area contributed by atoms with Crippen LogP contribution in [0.5, 0.6) is 0 Å². The molecule has 90 valence electrons. The molecule has 2 N–H and O–H groups in total. The lowest BCUT2D eigenvalue weighted by Gasteiger charge is -2.22. The molecule has 6 heteroatoms. The minimum Gasteiger partial charge on any atom is -0.329 e. The van der Waals surface area contributed by atoms with Gasteiger partial charge in [0.05, 0.1) is 11.4 Å². The van der Waals surface area contributed by atoms with Crippen LogP contribution in [0, 0.1) is 0 Å². The van der Waals surface area contributed by atoms with E-state index in [4.69, 9.17) is 17.3 Å². The van der Waals surface area contributed by atoms with Gasteiger partial charge < -0.3 is 5.73 Å². The first-order chi connectivity index (χ1) is 7.51. The van der Waals surface area contributed by atoms with Crippen molar-refractivity contribution in [3.05, 3.63) is 29.3 Å². The van der Waals surface area contributed by atoms with E-state index in [1.54, 1.807) is 31.2 Å². The molecule has 0 radical (unpaired) electrons. The van der Waals surface area contributed by atoms with E-state index >= 15 is 0 Å². The molecule has 1 aromatic rings. The Morgan fingerprint density at radius 1 is 1.44 bits per heavy atom. The van der Waals surface area contributed by atoms with E-state index in [9.17, 15) is 8.42 Å². The summed E-state index contributed by atoms with van der Waals surface area (Å²) >= 11 is 5.83. The molecule has 0 aliphatic carbocycles. The third-order valence-electron chi connectivity index (χ3n) is 2.09. The van der Waals surface area contributed by atoms with Gasteiger partial charge in [-0.3, -0.25) is 4.31 Å². The van der Waals surface area contributed by atoms with Crippen LogP contribution in [0.3, 0.4) is 0 Å². The largest absolute Gasteiger partial charge is 0.329 e. The van der Waals surface area contributed by atoms with Crippen LogP contribution in [0.25, 0.3) is 0 Å². The first-order valence-corrected chi connectivity index (χ1v) is 6.96. The van der Waals surface area contributed by atoms with E-state index in [0.717, 1.165) is 0 Å². The van der Waals surface area contributed by atoms with Gasteiger partial charge in [0.1, 0.15) is 0 Å². The fraction of sp³-hybridized carbons (Fsp3) is 0.400. The number of nitrogens with zero attached hydrogens (tertiary/aromatic N) is 1. The third-order valence-corrected chi connectivity index (χ3v) is 4.22. The minimum atomic E-state index is -3.34. The Hall–Kier alpha value is -0.780. The lowest BCUT2D eigenvalue weighted by atomic mass is 10.3. The van der Waals surface area contributed by atoms with Crippen molar-refractivity contribution in [3.8, 4) is 0 Å². The van der Waals surface area contributed by atoms with Gasteiger partial charge in [-0.15, -0.1) is 0 Å². The van der Waals surface area contributed by atoms with Gasteiger partial charge in [0, 0.05) is 18.1 Å². The second kappa shape index (κ2) is 5.52. The molecule has 0 unspecified atom stereocenters. The van der Waals surface area contributed by atoms with Crippen molar-refractivity contribution in [1.82, 2.24) is 0 Å². The van der Waals surface area contributed by atoms with Crippen LogP contribution in [0.2, 0.25) is 5.02 Å². The first kappa shape index (κ1) is 13.3. The molecule has 0 fully saturated rings. The Balaban J connectivity index is 3.08. The second-order valence-corrected chi connectivity index (χ2v) is 5.70.